The van der Waals surface area contributed by atoms with E-state index < -0.39 is 0 Å². The van der Waals surface area contributed by atoms with E-state index in [4.69, 9.17) is 23.2 Å². The van der Waals surface area contributed by atoms with Crippen LogP contribution < -0.4 is 5.56 Å². The first-order valence-electron chi connectivity index (χ1n) is 9.59. The molecule has 7 heteroatoms. The van der Waals surface area contributed by atoms with Crippen LogP contribution in [0.4, 0.5) is 0 Å². The molecular weight excluding hydrogens is 431 g/mol. The minimum Gasteiger partial charge on any atom is -0.382 e. The number of fused-ring (bicyclic) bond motifs is 3. The summed E-state index contributed by atoms with van der Waals surface area (Å²) >= 11 is 12.5. The molecule has 0 aliphatic heterocycles. The van der Waals surface area contributed by atoms with Crippen LogP contribution in [0.15, 0.2) is 53.5 Å². The van der Waals surface area contributed by atoms with Crippen LogP contribution in [0.1, 0.15) is 5.56 Å². The molecule has 31 heavy (non-hydrogen) atoms. The molecular formula is C24H20Cl2N4O. The summed E-state index contributed by atoms with van der Waals surface area (Å²) in [5.41, 5.74) is 4.13. The Hall–Kier alpha value is -3.20. The van der Waals surface area contributed by atoms with Crippen LogP contribution in [-0.2, 0) is 14.1 Å². The molecule has 2 aromatic heterocycles. The molecule has 0 saturated carbocycles. The van der Waals surface area contributed by atoms with Gasteiger partial charge in [-0.1, -0.05) is 35.3 Å². The fourth-order valence-electron chi connectivity index (χ4n) is 3.98. The van der Waals surface area contributed by atoms with E-state index in [0.29, 0.717) is 26.7 Å². The summed E-state index contributed by atoms with van der Waals surface area (Å²) in [5, 5.41) is 12.4. The highest BCUT2D eigenvalue weighted by Crippen LogP contribution is 2.34. The Bertz CT molecular complexity index is 1490. The van der Waals surface area contributed by atoms with Gasteiger partial charge in [-0.05, 0) is 35.9 Å². The molecule has 156 valence electrons. The van der Waals surface area contributed by atoms with E-state index >= 15 is 0 Å². The van der Waals surface area contributed by atoms with Crippen molar-refractivity contribution in [2.45, 2.75) is 0 Å². The molecule has 0 atom stereocenters. The zero-order valence-corrected chi connectivity index (χ0v) is 19.1. The van der Waals surface area contributed by atoms with Crippen molar-refractivity contribution in [1.29, 1.82) is 5.26 Å². The summed E-state index contributed by atoms with van der Waals surface area (Å²) in [6.45, 7) is 0. The van der Waals surface area contributed by atoms with Crippen molar-refractivity contribution in [1.82, 2.24) is 14.0 Å². The van der Waals surface area contributed by atoms with Crippen LogP contribution in [-0.4, -0.2) is 28.1 Å². The third-order valence-electron chi connectivity index (χ3n) is 5.39. The number of allylic oxidation sites excluding steroid dienone is 1. The van der Waals surface area contributed by atoms with Crippen LogP contribution >= 0.6 is 23.2 Å². The standard InChI is InChI=1S/C24H20Cl2N4O/c1-28(2)13-15(12-27)14-5-8-22-18(9-14)19-11-20(17-7-6-16(25)10-21(17)26)24(31)30(4)23(19)29(22)3/h5-11,13H,1-4H3/b15-13+. The molecule has 0 aliphatic carbocycles. The number of halogens is 2. The average molecular weight is 451 g/mol. The van der Waals surface area contributed by atoms with Gasteiger partial charge in [-0.25, -0.2) is 0 Å². The zero-order chi connectivity index (χ0) is 22.4. The van der Waals surface area contributed by atoms with Gasteiger partial charge in [0, 0.05) is 61.3 Å². The zero-order valence-electron chi connectivity index (χ0n) is 17.6. The minimum absolute atomic E-state index is 0.145. The molecule has 2 heterocycles. The van der Waals surface area contributed by atoms with Gasteiger partial charge in [0.1, 0.15) is 11.7 Å². The fraction of sp³-hybridized carbons (Fsp3) is 0.167. The van der Waals surface area contributed by atoms with Crippen molar-refractivity contribution in [3.63, 3.8) is 0 Å². The van der Waals surface area contributed by atoms with Crippen LogP contribution in [0.25, 0.3) is 38.6 Å². The van der Waals surface area contributed by atoms with Crippen LogP contribution in [0.5, 0.6) is 0 Å². The van der Waals surface area contributed by atoms with Gasteiger partial charge in [-0.2, -0.15) is 5.26 Å². The SMILES string of the molecule is CN(C)/C=C(\C#N)c1ccc2c(c1)c1cc(-c3ccc(Cl)cc3Cl)c(=O)n(C)c1n2C. The Morgan fingerprint density at radius 1 is 1.00 bits per heavy atom. The number of nitriles is 1. The highest BCUT2D eigenvalue weighted by Gasteiger charge is 2.18. The van der Waals surface area contributed by atoms with E-state index in [1.807, 2.05) is 54.9 Å². The number of hydrogen-bond acceptors (Lipinski definition) is 3. The van der Waals surface area contributed by atoms with Crippen molar-refractivity contribution in [2.75, 3.05) is 14.1 Å². The van der Waals surface area contributed by atoms with Crippen LogP contribution in [0.3, 0.4) is 0 Å². The Balaban J connectivity index is 2.08. The second-order valence-electron chi connectivity index (χ2n) is 7.69. The summed E-state index contributed by atoms with van der Waals surface area (Å²) in [7, 11) is 7.45. The van der Waals surface area contributed by atoms with Crippen LogP contribution in [0.2, 0.25) is 10.0 Å². The molecule has 4 rings (SSSR count). The lowest BCUT2D eigenvalue weighted by molar-refractivity contribution is 0.566. The molecule has 0 N–H and O–H groups in total. The molecule has 0 unspecified atom stereocenters. The summed E-state index contributed by atoms with van der Waals surface area (Å²) in [6.07, 6.45) is 1.79. The Morgan fingerprint density at radius 3 is 2.39 bits per heavy atom. The van der Waals surface area contributed by atoms with Crippen molar-refractivity contribution >= 4 is 50.7 Å². The number of nitrogens with zero attached hydrogens (tertiary/aromatic N) is 4. The highest BCUT2D eigenvalue weighted by atomic mass is 35.5. The number of aromatic nitrogens is 2. The first-order valence-corrected chi connectivity index (χ1v) is 10.3. The van der Waals surface area contributed by atoms with E-state index in [-0.39, 0.29) is 5.56 Å². The van der Waals surface area contributed by atoms with Crippen molar-refractivity contribution < 1.29 is 0 Å². The molecule has 0 aliphatic rings. The molecule has 4 aromatic rings. The molecule has 0 spiro atoms. The van der Waals surface area contributed by atoms with E-state index in [0.717, 1.165) is 27.5 Å². The third-order valence-corrected chi connectivity index (χ3v) is 5.94. The van der Waals surface area contributed by atoms with Crippen LogP contribution in [0, 0.1) is 11.3 Å². The largest absolute Gasteiger partial charge is 0.382 e. The second kappa shape index (κ2) is 7.81. The average Bonchev–Trinajstić information content (AvgIpc) is 3.00. The number of aryl methyl sites for hydroxylation is 2. The van der Waals surface area contributed by atoms with Gasteiger partial charge in [0.05, 0.1) is 16.1 Å². The number of hydrogen-bond donors (Lipinski definition) is 0. The highest BCUT2D eigenvalue weighted by molar-refractivity contribution is 6.36. The summed E-state index contributed by atoms with van der Waals surface area (Å²) < 4.78 is 3.63. The lowest BCUT2D eigenvalue weighted by Crippen LogP contribution is -2.20. The molecule has 0 amide bonds. The molecule has 0 bridgehead atoms. The smallest absolute Gasteiger partial charge is 0.259 e. The van der Waals surface area contributed by atoms with Gasteiger partial charge in [0.25, 0.3) is 5.56 Å². The van der Waals surface area contributed by atoms with Crippen molar-refractivity contribution in [3.8, 4) is 17.2 Å². The van der Waals surface area contributed by atoms with Gasteiger partial charge in [0.2, 0.25) is 0 Å². The maximum Gasteiger partial charge on any atom is 0.259 e. The van der Waals surface area contributed by atoms with Gasteiger partial charge < -0.3 is 9.47 Å². The van der Waals surface area contributed by atoms with Gasteiger partial charge in [0.15, 0.2) is 0 Å². The maximum atomic E-state index is 13.2. The number of benzene rings is 2. The predicted molar refractivity (Wildman–Crippen MR) is 128 cm³/mol. The summed E-state index contributed by atoms with van der Waals surface area (Å²) in [4.78, 5) is 15.0. The Kier molecular flexibility index (Phi) is 5.30. The predicted octanol–water partition coefficient (Wildman–Crippen LogP) is 5.43. The quantitative estimate of drug-likeness (QED) is 0.391. The van der Waals surface area contributed by atoms with E-state index in [2.05, 4.69) is 6.07 Å². The monoisotopic (exact) mass is 450 g/mol. The molecule has 0 fully saturated rings. The summed E-state index contributed by atoms with van der Waals surface area (Å²) in [5.74, 6) is 0. The first kappa shape index (κ1) is 21.0. The number of pyridine rings is 1. The molecule has 0 radical (unpaired) electrons. The Labute approximate surface area is 189 Å². The topological polar surface area (TPSA) is 54.0 Å². The lowest BCUT2D eigenvalue weighted by Gasteiger charge is -2.09. The van der Waals surface area contributed by atoms with E-state index in [1.165, 1.54) is 0 Å². The third kappa shape index (κ3) is 3.48. The number of rotatable bonds is 3. The lowest BCUT2D eigenvalue weighted by atomic mass is 10.0. The molecule has 2 aromatic carbocycles. The normalized spacial score (nSPS) is 11.8. The first-order chi connectivity index (χ1) is 14.7. The second-order valence-corrected chi connectivity index (χ2v) is 8.54. The van der Waals surface area contributed by atoms with E-state index in [9.17, 15) is 10.1 Å². The van der Waals surface area contributed by atoms with E-state index in [1.54, 1.807) is 36.0 Å². The van der Waals surface area contributed by atoms with Gasteiger partial charge in [-0.3, -0.25) is 9.36 Å². The van der Waals surface area contributed by atoms with Gasteiger partial charge in [-0.15, -0.1) is 0 Å². The Morgan fingerprint density at radius 2 is 1.74 bits per heavy atom. The minimum atomic E-state index is -0.145. The molecule has 0 saturated heterocycles. The summed E-state index contributed by atoms with van der Waals surface area (Å²) in [6, 6.07) is 15.2. The maximum absolute atomic E-state index is 13.2. The molecule has 5 nitrogen and oxygen atoms in total. The fourth-order valence-corrected chi connectivity index (χ4v) is 4.50. The van der Waals surface area contributed by atoms with Crippen molar-refractivity contribution in [2.24, 2.45) is 14.1 Å². The van der Waals surface area contributed by atoms with Gasteiger partial charge >= 0.3 is 0 Å². The van der Waals surface area contributed by atoms with Crippen molar-refractivity contribution in [3.05, 3.63) is 74.6 Å².